The zero-order chi connectivity index (χ0) is 25.8. The minimum atomic E-state index is -3.55. The number of fused-ring (bicyclic) bond motifs is 1. The Bertz CT molecular complexity index is 1500. The van der Waals surface area contributed by atoms with Crippen LogP contribution < -0.4 is 10.0 Å². The fraction of sp³-hybridized carbons (Fsp3) is 0.296. The van der Waals surface area contributed by atoms with Crippen LogP contribution in [0, 0.1) is 6.92 Å². The van der Waals surface area contributed by atoms with Gasteiger partial charge in [-0.1, -0.05) is 23.3 Å². The number of likely N-dealkylation sites (tertiary alicyclic amines) is 1. The van der Waals surface area contributed by atoms with Crippen molar-refractivity contribution in [2.75, 3.05) is 26.2 Å². The van der Waals surface area contributed by atoms with Crippen LogP contribution in [0.3, 0.4) is 0 Å². The summed E-state index contributed by atoms with van der Waals surface area (Å²) in [5, 5.41) is 19.9. The van der Waals surface area contributed by atoms with E-state index in [1.54, 1.807) is 29.6 Å². The number of rotatable bonds is 9. The van der Waals surface area contributed by atoms with Gasteiger partial charge in [0.15, 0.2) is 0 Å². The molecule has 10 heteroatoms. The summed E-state index contributed by atoms with van der Waals surface area (Å²) in [7, 11) is -3.55. The lowest BCUT2D eigenvalue weighted by molar-refractivity contribution is -0.487. The molecule has 1 aromatic heterocycles. The first kappa shape index (κ1) is 25.4. The number of hydrogen-bond acceptors (Lipinski definition) is 7. The van der Waals surface area contributed by atoms with Crippen LogP contribution in [-0.4, -0.2) is 59.8 Å². The first-order chi connectivity index (χ1) is 17.9. The van der Waals surface area contributed by atoms with Gasteiger partial charge in [0.05, 0.1) is 17.0 Å². The van der Waals surface area contributed by atoms with Gasteiger partial charge in [-0.15, -0.1) is 5.10 Å². The molecule has 5 rings (SSSR count). The molecule has 3 aromatic carbocycles. The van der Waals surface area contributed by atoms with Gasteiger partial charge in [-0.25, -0.2) is 18.5 Å². The number of aromatic nitrogens is 3. The third-order valence-corrected chi connectivity index (χ3v) is 8.12. The normalized spacial score (nSPS) is 14.4. The summed E-state index contributed by atoms with van der Waals surface area (Å²) >= 11 is 0. The third-order valence-electron chi connectivity index (χ3n) is 6.64. The van der Waals surface area contributed by atoms with Crippen LogP contribution in [0.2, 0.25) is 0 Å². The van der Waals surface area contributed by atoms with E-state index in [0.717, 1.165) is 53.1 Å². The van der Waals surface area contributed by atoms with E-state index >= 15 is 0 Å². The van der Waals surface area contributed by atoms with Gasteiger partial charge >= 0.3 is 5.95 Å². The third kappa shape index (κ3) is 6.00. The van der Waals surface area contributed by atoms with E-state index < -0.39 is 10.0 Å². The highest BCUT2D eigenvalue weighted by Crippen LogP contribution is 2.27. The second-order valence-electron chi connectivity index (χ2n) is 9.34. The molecule has 0 saturated carbocycles. The average Bonchev–Trinajstić information content (AvgIpc) is 3.42. The van der Waals surface area contributed by atoms with Gasteiger partial charge in [-0.3, -0.25) is 0 Å². The van der Waals surface area contributed by atoms with Crippen LogP contribution in [0.1, 0.15) is 24.0 Å². The van der Waals surface area contributed by atoms with Crippen molar-refractivity contribution in [1.29, 1.82) is 0 Å². The van der Waals surface area contributed by atoms with Crippen molar-refractivity contribution in [3.8, 4) is 11.1 Å². The van der Waals surface area contributed by atoms with Crippen LogP contribution in [-0.2, 0) is 16.6 Å². The van der Waals surface area contributed by atoms with Crippen molar-refractivity contribution in [2.24, 2.45) is 0 Å². The molecule has 37 heavy (non-hydrogen) atoms. The van der Waals surface area contributed by atoms with E-state index in [0.29, 0.717) is 18.0 Å². The molecule has 0 unspecified atom stereocenters. The standard InChI is InChI=1S/C27H30N6O3S/c1-19-15-25-26(17-24(19)21-6-4-5-20(16-21)18-34)31-32-27(30-25)29-22-7-9-23(10-8-22)37(35,36)28-11-14-33-12-2-3-13-33/h4-10,15-17,28,34H,2-3,11-14,18H2,1H3,(H,29,30,32)/p+1. The second kappa shape index (κ2) is 11.0. The molecule has 0 atom stereocenters. The van der Waals surface area contributed by atoms with Crippen molar-refractivity contribution in [3.05, 3.63) is 71.8 Å². The van der Waals surface area contributed by atoms with Gasteiger partial charge in [0, 0.05) is 25.2 Å². The fourth-order valence-electron chi connectivity index (χ4n) is 4.63. The number of nitrogens with one attached hydrogen (secondary N) is 1. The Hall–Kier alpha value is -3.28. The van der Waals surface area contributed by atoms with E-state index in [1.807, 2.05) is 43.3 Å². The molecule has 1 fully saturated rings. The number of benzene rings is 3. The van der Waals surface area contributed by atoms with E-state index in [2.05, 4.69) is 24.8 Å². The molecule has 4 aromatic rings. The number of quaternary nitrogens is 1. The van der Waals surface area contributed by atoms with E-state index in [1.165, 1.54) is 12.8 Å². The molecule has 0 amide bonds. The zero-order valence-corrected chi connectivity index (χ0v) is 21.6. The minimum absolute atomic E-state index is 0.0107. The number of hydrogen-bond donors (Lipinski definition) is 3. The first-order valence-electron chi connectivity index (χ1n) is 12.4. The summed E-state index contributed by atoms with van der Waals surface area (Å²) in [5.41, 5.74) is 6.09. The smallest absolute Gasteiger partial charge is 0.350 e. The summed E-state index contributed by atoms with van der Waals surface area (Å²) in [5.74, 6) is 0.446. The lowest BCUT2D eigenvalue weighted by atomic mass is 9.98. The molecular weight excluding hydrogens is 488 g/mol. The average molecular weight is 520 g/mol. The molecule has 192 valence electrons. The Morgan fingerprint density at radius 1 is 1.00 bits per heavy atom. The predicted octanol–water partition coefficient (Wildman–Crippen LogP) is 2.39. The topological polar surface area (TPSA) is 125 Å². The maximum atomic E-state index is 12.6. The van der Waals surface area contributed by atoms with Crippen molar-refractivity contribution in [1.82, 2.24) is 24.8 Å². The Balaban J connectivity index is 1.28. The molecule has 4 N–H and O–H groups in total. The zero-order valence-electron chi connectivity index (χ0n) is 20.8. The molecular formula is C27H31N6O3S+. The Labute approximate surface area is 216 Å². The Kier molecular flexibility index (Phi) is 7.54. The van der Waals surface area contributed by atoms with E-state index in [9.17, 15) is 13.5 Å². The molecule has 0 radical (unpaired) electrons. The van der Waals surface area contributed by atoms with Crippen LogP contribution >= 0.6 is 0 Å². The highest BCUT2D eigenvalue weighted by Gasteiger charge is 2.17. The summed E-state index contributed by atoms with van der Waals surface area (Å²) in [6.07, 6.45) is 2.36. The predicted molar refractivity (Wildman–Crippen MR) is 142 cm³/mol. The molecule has 1 saturated heterocycles. The van der Waals surface area contributed by atoms with E-state index in [4.69, 9.17) is 0 Å². The summed E-state index contributed by atoms with van der Waals surface area (Å²) < 4.78 is 28.0. The van der Waals surface area contributed by atoms with Crippen LogP contribution in [0.4, 0.5) is 11.6 Å². The number of nitrogens with zero attached hydrogens (tertiary/aromatic N) is 4. The summed E-state index contributed by atoms with van der Waals surface area (Å²) in [4.78, 5) is 7.15. The van der Waals surface area contributed by atoms with Crippen molar-refractivity contribution in [3.63, 3.8) is 0 Å². The number of aryl methyl sites for hydroxylation is 1. The first-order valence-corrected chi connectivity index (χ1v) is 13.9. The lowest BCUT2D eigenvalue weighted by Crippen LogP contribution is -2.72. The lowest BCUT2D eigenvalue weighted by Gasteiger charge is -2.14. The van der Waals surface area contributed by atoms with Crippen LogP contribution in [0.25, 0.3) is 22.2 Å². The van der Waals surface area contributed by atoms with Gasteiger partial charge in [0.25, 0.3) is 0 Å². The Morgan fingerprint density at radius 3 is 2.54 bits per heavy atom. The maximum absolute atomic E-state index is 12.6. The molecule has 9 nitrogen and oxygen atoms in total. The maximum Gasteiger partial charge on any atom is 0.350 e. The highest BCUT2D eigenvalue weighted by molar-refractivity contribution is 7.89. The highest BCUT2D eigenvalue weighted by atomic mass is 32.2. The largest absolute Gasteiger partial charge is 0.392 e. The number of aliphatic hydroxyl groups excluding tert-OH is 1. The van der Waals surface area contributed by atoms with Crippen LogP contribution in [0.5, 0.6) is 0 Å². The van der Waals surface area contributed by atoms with Crippen molar-refractivity contribution >= 4 is 32.7 Å². The summed E-state index contributed by atoms with van der Waals surface area (Å²) in [6, 6.07) is 18.4. The quantitative estimate of drug-likeness (QED) is 0.290. The van der Waals surface area contributed by atoms with Crippen LogP contribution in [0.15, 0.2) is 65.6 Å². The second-order valence-corrected chi connectivity index (χ2v) is 11.1. The summed E-state index contributed by atoms with van der Waals surface area (Å²) in [6.45, 7) is 5.22. The monoisotopic (exact) mass is 519 g/mol. The fourth-order valence-corrected chi connectivity index (χ4v) is 5.65. The van der Waals surface area contributed by atoms with Crippen molar-refractivity contribution in [2.45, 2.75) is 31.3 Å². The molecule has 1 aliphatic heterocycles. The number of aliphatic hydroxyl groups is 1. The SMILES string of the molecule is Cc1cc2nc([NH2+]c3ccc(S(=O)(=O)NCCN4CCCC4)cc3)nnc2cc1-c1cccc(CO)c1. The minimum Gasteiger partial charge on any atom is -0.392 e. The Morgan fingerprint density at radius 2 is 1.78 bits per heavy atom. The molecule has 0 aliphatic carbocycles. The number of nitrogens with two attached hydrogens (primary N) is 1. The molecule has 2 heterocycles. The van der Waals surface area contributed by atoms with Gasteiger partial charge in [-0.05, 0) is 85.4 Å². The van der Waals surface area contributed by atoms with Crippen molar-refractivity contribution < 1.29 is 18.8 Å². The molecule has 1 aliphatic rings. The molecule has 0 bridgehead atoms. The van der Waals surface area contributed by atoms with Gasteiger partial charge in [-0.2, -0.15) is 4.98 Å². The van der Waals surface area contributed by atoms with Gasteiger partial charge in [0.1, 0.15) is 11.2 Å². The van der Waals surface area contributed by atoms with Gasteiger partial charge < -0.3 is 10.0 Å². The number of sulfonamides is 1. The van der Waals surface area contributed by atoms with Gasteiger partial charge in [0.2, 0.25) is 10.0 Å². The molecule has 0 spiro atoms. The van der Waals surface area contributed by atoms with E-state index in [-0.39, 0.29) is 11.5 Å².